The fourth-order valence-corrected chi connectivity index (χ4v) is 7.08. The lowest BCUT2D eigenvalue weighted by Crippen LogP contribution is -2.57. The number of anilines is 1. The molecule has 2 heterocycles. The molecule has 1 atom stereocenters. The summed E-state index contributed by atoms with van der Waals surface area (Å²) in [6.45, 7) is 1.61. The first-order valence-electron chi connectivity index (χ1n) is 11.8. The van der Waals surface area contributed by atoms with Crippen LogP contribution in [0.15, 0.2) is 18.3 Å². The van der Waals surface area contributed by atoms with E-state index in [1.165, 1.54) is 19.3 Å². The van der Waals surface area contributed by atoms with E-state index in [9.17, 15) is 9.59 Å². The van der Waals surface area contributed by atoms with Gasteiger partial charge in [0.25, 0.3) is 0 Å². The zero-order valence-electron chi connectivity index (χ0n) is 18.0. The van der Waals surface area contributed by atoms with E-state index in [0.717, 1.165) is 49.9 Å². The Balaban J connectivity index is 1.17. The quantitative estimate of drug-likeness (QED) is 0.688. The molecule has 7 heteroatoms. The molecule has 164 valence electrons. The molecule has 2 N–H and O–H groups in total. The maximum absolute atomic E-state index is 13.7. The lowest BCUT2D eigenvalue weighted by molar-refractivity contribution is -0.160. The average Bonchev–Trinajstić information content (AvgIpc) is 3.25. The number of nitriles is 1. The minimum absolute atomic E-state index is 0.0566. The number of nitrogens with one attached hydrogen (secondary N) is 2. The van der Waals surface area contributed by atoms with E-state index in [-0.39, 0.29) is 23.3 Å². The first-order chi connectivity index (χ1) is 15.1. The number of hydrogen-bond acceptors (Lipinski definition) is 5. The van der Waals surface area contributed by atoms with Crippen molar-refractivity contribution in [3.8, 4) is 6.07 Å². The van der Waals surface area contributed by atoms with Crippen molar-refractivity contribution in [1.29, 1.82) is 5.26 Å². The zero-order valence-corrected chi connectivity index (χ0v) is 18.0. The predicted molar refractivity (Wildman–Crippen MR) is 116 cm³/mol. The van der Waals surface area contributed by atoms with Crippen molar-refractivity contribution in [3.63, 3.8) is 0 Å². The molecule has 1 aliphatic heterocycles. The average molecular weight is 422 g/mol. The summed E-state index contributed by atoms with van der Waals surface area (Å²) in [5.41, 5.74) is 0.295. The minimum atomic E-state index is -0.343. The van der Waals surface area contributed by atoms with Crippen molar-refractivity contribution >= 4 is 17.6 Å². The maximum atomic E-state index is 13.7. The number of carbonyl (C=O) groups is 2. The number of carbonyl (C=O) groups excluding carboxylic acids is 2. The van der Waals surface area contributed by atoms with Gasteiger partial charge in [0.2, 0.25) is 11.8 Å². The summed E-state index contributed by atoms with van der Waals surface area (Å²) in [6, 6.07) is 5.20. The van der Waals surface area contributed by atoms with Gasteiger partial charge in [-0.25, -0.2) is 4.98 Å². The summed E-state index contributed by atoms with van der Waals surface area (Å²) in [5.74, 6) is 2.90. The van der Waals surface area contributed by atoms with Gasteiger partial charge in [-0.1, -0.05) is 0 Å². The van der Waals surface area contributed by atoms with Crippen LogP contribution in [0.2, 0.25) is 0 Å². The molecule has 1 saturated heterocycles. The van der Waals surface area contributed by atoms with Gasteiger partial charge in [0.15, 0.2) is 0 Å². The van der Waals surface area contributed by atoms with E-state index in [0.29, 0.717) is 31.0 Å². The largest absolute Gasteiger partial charge is 0.367 e. The van der Waals surface area contributed by atoms with Crippen molar-refractivity contribution < 1.29 is 9.59 Å². The molecule has 31 heavy (non-hydrogen) atoms. The fraction of sp³-hybridized carbons (Fsp3) is 0.667. The number of amides is 2. The molecular weight excluding hydrogens is 390 g/mol. The molecule has 5 aliphatic rings. The highest BCUT2D eigenvalue weighted by Gasteiger charge is 2.56. The first-order valence-corrected chi connectivity index (χ1v) is 11.8. The molecule has 5 fully saturated rings. The summed E-state index contributed by atoms with van der Waals surface area (Å²) < 4.78 is 0. The summed E-state index contributed by atoms with van der Waals surface area (Å²) in [6.07, 6.45) is 10.3. The molecule has 0 aromatic carbocycles. The molecular formula is C24H31N5O2. The van der Waals surface area contributed by atoms with Gasteiger partial charge in [0.1, 0.15) is 17.9 Å². The molecule has 1 aromatic heterocycles. The molecule has 6 rings (SSSR count). The number of rotatable bonds is 6. The Morgan fingerprint density at radius 1 is 1.16 bits per heavy atom. The lowest BCUT2D eigenvalue weighted by Gasteiger charge is -2.56. The molecule has 7 nitrogen and oxygen atoms in total. The smallest absolute Gasteiger partial charge is 0.242 e. The van der Waals surface area contributed by atoms with Gasteiger partial charge in [-0.3, -0.25) is 9.59 Å². The SMILES string of the molecule is N#Cc1cccnc1NCCNC(=O)C1CCCN1C(=O)C12CC3CC(CC(C3)C1)C2. The molecule has 4 aliphatic carbocycles. The van der Waals surface area contributed by atoms with E-state index in [4.69, 9.17) is 5.26 Å². The van der Waals surface area contributed by atoms with Crippen LogP contribution >= 0.6 is 0 Å². The molecule has 4 bridgehead atoms. The number of hydrogen-bond donors (Lipinski definition) is 2. The van der Waals surface area contributed by atoms with Crippen molar-refractivity contribution in [2.75, 3.05) is 25.0 Å². The summed E-state index contributed by atoms with van der Waals surface area (Å²) >= 11 is 0. The van der Waals surface area contributed by atoms with Crippen molar-refractivity contribution in [2.45, 2.75) is 57.4 Å². The van der Waals surface area contributed by atoms with Gasteiger partial charge in [-0.2, -0.15) is 5.26 Å². The van der Waals surface area contributed by atoms with Gasteiger partial charge in [-0.15, -0.1) is 0 Å². The molecule has 2 amide bonds. The van der Waals surface area contributed by atoms with E-state index in [2.05, 4.69) is 21.7 Å². The van der Waals surface area contributed by atoms with E-state index < -0.39 is 0 Å². The predicted octanol–water partition coefficient (Wildman–Crippen LogP) is 2.69. The summed E-state index contributed by atoms with van der Waals surface area (Å²) in [7, 11) is 0. The molecule has 1 unspecified atom stereocenters. The van der Waals surface area contributed by atoms with Crippen LogP contribution in [-0.4, -0.2) is 47.4 Å². The van der Waals surface area contributed by atoms with E-state index >= 15 is 0 Å². The van der Waals surface area contributed by atoms with Crippen LogP contribution in [0.4, 0.5) is 5.82 Å². The number of aromatic nitrogens is 1. The number of likely N-dealkylation sites (tertiary alicyclic amines) is 1. The number of pyridine rings is 1. The molecule has 4 saturated carbocycles. The fourth-order valence-electron chi connectivity index (χ4n) is 7.08. The molecule has 0 radical (unpaired) electrons. The zero-order chi connectivity index (χ0) is 21.4. The minimum Gasteiger partial charge on any atom is -0.367 e. The molecule has 1 aromatic rings. The van der Waals surface area contributed by atoms with Crippen LogP contribution in [0, 0.1) is 34.5 Å². The standard InChI is InChI=1S/C24H31N5O2/c25-15-19-3-1-5-26-21(19)27-6-7-28-22(30)20-4-2-8-29(20)23(31)24-12-16-9-17(13-24)11-18(10-16)14-24/h1,3,5,16-18,20H,2,4,6-14H2,(H,26,27)(H,28,30). The normalized spacial score (nSPS) is 33.2. The Morgan fingerprint density at radius 3 is 2.55 bits per heavy atom. The van der Waals surface area contributed by atoms with Crippen LogP contribution in [0.25, 0.3) is 0 Å². The Labute approximate surface area is 183 Å². The third-order valence-corrected chi connectivity index (χ3v) is 7.95. The number of nitrogens with zero attached hydrogens (tertiary/aromatic N) is 3. The Bertz CT molecular complexity index is 872. The van der Waals surface area contributed by atoms with Crippen molar-refractivity contribution in [3.05, 3.63) is 23.9 Å². The van der Waals surface area contributed by atoms with Crippen LogP contribution in [-0.2, 0) is 9.59 Å². The highest BCUT2D eigenvalue weighted by molar-refractivity contribution is 5.91. The van der Waals surface area contributed by atoms with Gasteiger partial charge >= 0.3 is 0 Å². The molecule has 0 spiro atoms. The lowest BCUT2D eigenvalue weighted by atomic mass is 9.49. The second-order valence-corrected chi connectivity index (χ2v) is 10.1. The first kappa shape index (κ1) is 20.3. The van der Waals surface area contributed by atoms with Gasteiger partial charge in [-0.05, 0) is 81.3 Å². The van der Waals surface area contributed by atoms with Gasteiger partial charge in [0, 0.05) is 25.8 Å². The van der Waals surface area contributed by atoms with Crippen LogP contribution in [0.3, 0.4) is 0 Å². The Hall–Kier alpha value is -2.62. The van der Waals surface area contributed by atoms with Gasteiger partial charge in [0.05, 0.1) is 11.0 Å². The third kappa shape index (κ3) is 3.77. The van der Waals surface area contributed by atoms with E-state index in [1.54, 1.807) is 18.3 Å². The Kier molecular flexibility index (Phi) is 5.33. The van der Waals surface area contributed by atoms with Crippen LogP contribution < -0.4 is 10.6 Å². The third-order valence-electron chi connectivity index (χ3n) is 7.95. The van der Waals surface area contributed by atoms with Crippen LogP contribution in [0.1, 0.15) is 56.9 Å². The maximum Gasteiger partial charge on any atom is 0.242 e. The second-order valence-electron chi connectivity index (χ2n) is 10.1. The second kappa shape index (κ2) is 8.14. The highest BCUT2D eigenvalue weighted by Crippen LogP contribution is 2.60. The summed E-state index contributed by atoms with van der Waals surface area (Å²) in [5, 5.41) is 15.2. The van der Waals surface area contributed by atoms with Crippen LogP contribution in [0.5, 0.6) is 0 Å². The highest BCUT2D eigenvalue weighted by atomic mass is 16.2. The van der Waals surface area contributed by atoms with Crippen molar-refractivity contribution in [1.82, 2.24) is 15.2 Å². The monoisotopic (exact) mass is 421 g/mol. The topological polar surface area (TPSA) is 98.1 Å². The van der Waals surface area contributed by atoms with E-state index in [1.807, 2.05) is 4.90 Å². The summed E-state index contributed by atoms with van der Waals surface area (Å²) in [4.78, 5) is 32.7. The van der Waals surface area contributed by atoms with Gasteiger partial charge < -0.3 is 15.5 Å². The van der Waals surface area contributed by atoms with Crippen molar-refractivity contribution in [2.24, 2.45) is 23.2 Å². The Morgan fingerprint density at radius 2 is 1.87 bits per heavy atom.